The fourth-order valence-corrected chi connectivity index (χ4v) is 2.47. The number of hydrogen-bond donors (Lipinski definition) is 2. The van der Waals surface area contributed by atoms with Gasteiger partial charge in [-0.15, -0.1) is 24.0 Å². The van der Waals surface area contributed by atoms with Crippen molar-refractivity contribution in [3.8, 4) is 5.75 Å². The molecule has 0 unspecified atom stereocenters. The van der Waals surface area contributed by atoms with E-state index >= 15 is 0 Å². The third-order valence-corrected chi connectivity index (χ3v) is 4.06. The lowest BCUT2D eigenvalue weighted by Crippen LogP contribution is -2.40. The maximum Gasteiger partial charge on any atom is 0.191 e. The predicted molar refractivity (Wildman–Crippen MR) is 106 cm³/mol. The first-order valence-corrected chi connectivity index (χ1v) is 9.17. The molecule has 0 amide bonds. The van der Waals surface area contributed by atoms with Crippen molar-refractivity contribution < 1.29 is 13.2 Å². The van der Waals surface area contributed by atoms with Crippen LogP contribution in [0.2, 0.25) is 0 Å². The quantitative estimate of drug-likeness (QED) is 0.369. The summed E-state index contributed by atoms with van der Waals surface area (Å²) in [5.41, 5.74) is 2.31. The van der Waals surface area contributed by atoms with Crippen molar-refractivity contribution in [1.82, 2.24) is 10.6 Å². The van der Waals surface area contributed by atoms with Gasteiger partial charge in [0.05, 0.1) is 12.9 Å². The summed E-state index contributed by atoms with van der Waals surface area (Å²) in [6, 6.07) is 6.08. The van der Waals surface area contributed by atoms with Crippen LogP contribution in [0.25, 0.3) is 0 Å². The number of sulfone groups is 1. The first-order valence-electron chi connectivity index (χ1n) is 7.11. The van der Waals surface area contributed by atoms with Crippen molar-refractivity contribution in [2.75, 3.05) is 39.3 Å². The van der Waals surface area contributed by atoms with Gasteiger partial charge < -0.3 is 15.4 Å². The van der Waals surface area contributed by atoms with E-state index in [4.69, 9.17) is 4.74 Å². The third-order valence-electron chi connectivity index (χ3n) is 3.11. The summed E-state index contributed by atoms with van der Waals surface area (Å²) in [5.74, 6) is 1.54. The van der Waals surface area contributed by atoms with Crippen LogP contribution in [0.4, 0.5) is 0 Å². The van der Waals surface area contributed by atoms with Gasteiger partial charge in [0.25, 0.3) is 0 Å². The lowest BCUT2D eigenvalue weighted by atomic mass is 10.1. The maximum atomic E-state index is 11.1. The number of aliphatic imine (C=N–C) groups is 1. The molecule has 23 heavy (non-hydrogen) atoms. The van der Waals surface area contributed by atoms with Crippen LogP contribution in [-0.2, 0) is 16.3 Å². The average Bonchev–Trinajstić information content (AvgIpc) is 2.44. The summed E-state index contributed by atoms with van der Waals surface area (Å²) >= 11 is 0. The fraction of sp³-hybridized carbons (Fsp3) is 0.533. The lowest BCUT2D eigenvalue weighted by Gasteiger charge is -2.13. The van der Waals surface area contributed by atoms with E-state index in [9.17, 15) is 8.42 Å². The number of methoxy groups -OCH3 is 1. The van der Waals surface area contributed by atoms with E-state index in [0.29, 0.717) is 19.0 Å². The van der Waals surface area contributed by atoms with Gasteiger partial charge >= 0.3 is 0 Å². The lowest BCUT2D eigenvalue weighted by molar-refractivity contribution is 0.409. The van der Waals surface area contributed by atoms with E-state index in [1.165, 1.54) is 11.8 Å². The fourth-order valence-electron chi connectivity index (χ4n) is 1.99. The highest BCUT2D eigenvalue weighted by atomic mass is 127. The van der Waals surface area contributed by atoms with Crippen molar-refractivity contribution >= 4 is 39.8 Å². The minimum Gasteiger partial charge on any atom is -0.496 e. The Hall–Kier alpha value is -1.03. The summed E-state index contributed by atoms with van der Waals surface area (Å²) in [5, 5.41) is 6.14. The van der Waals surface area contributed by atoms with Gasteiger partial charge in [0, 0.05) is 26.4 Å². The number of nitrogens with one attached hydrogen (secondary N) is 2. The zero-order valence-electron chi connectivity index (χ0n) is 14.0. The molecule has 1 aromatic rings. The van der Waals surface area contributed by atoms with Crippen molar-refractivity contribution in [2.24, 2.45) is 4.99 Å². The van der Waals surface area contributed by atoms with Crippen LogP contribution < -0.4 is 15.4 Å². The summed E-state index contributed by atoms with van der Waals surface area (Å²) in [6.07, 6.45) is 2.01. The molecule has 0 bridgehead atoms. The molecule has 0 saturated heterocycles. The Balaban J connectivity index is 0.00000484. The van der Waals surface area contributed by atoms with E-state index in [1.807, 2.05) is 19.1 Å². The molecule has 0 heterocycles. The van der Waals surface area contributed by atoms with Gasteiger partial charge in [0.1, 0.15) is 15.6 Å². The molecule has 0 aliphatic heterocycles. The molecule has 0 spiro atoms. The van der Waals surface area contributed by atoms with Gasteiger partial charge in [-0.2, -0.15) is 0 Å². The smallest absolute Gasteiger partial charge is 0.191 e. The van der Waals surface area contributed by atoms with E-state index < -0.39 is 9.84 Å². The van der Waals surface area contributed by atoms with Crippen molar-refractivity contribution in [3.05, 3.63) is 29.3 Å². The number of aryl methyl sites for hydroxylation is 1. The molecule has 0 aliphatic carbocycles. The van der Waals surface area contributed by atoms with Gasteiger partial charge in [0.15, 0.2) is 5.96 Å². The number of guanidine groups is 1. The molecular weight excluding hydrogens is 429 g/mol. The number of hydrogen-bond acceptors (Lipinski definition) is 4. The standard InChI is InChI=1S/C15H25N3O3S.HI/c1-12-5-6-14(21-3)13(11-12)7-8-17-15(16-2)18-9-10-22(4,19)20;/h5-6,11H,7-10H2,1-4H3,(H2,16,17,18);1H. The van der Waals surface area contributed by atoms with Crippen LogP contribution >= 0.6 is 24.0 Å². The van der Waals surface area contributed by atoms with Gasteiger partial charge in [0.2, 0.25) is 0 Å². The molecular formula is C15H26IN3O3S. The van der Waals surface area contributed by atoms with Crippen molar-refractivity contribution in [3.63, 3.8) is 0 Å². The molecule has 0 radical (unpaired) electrons. The van der Waals surface area contributed by atoms with Crippen LogP contribution in [0.5, 0.6) is 5.75 Å². The Kier molecular flexibility index (Phi) is 10.2. The van der Waals surface area contributed by atoms with Crippen LogP contribution in [0.3, 0.4) is 0 Å². The highest BCUT2D eigenvalue weighted by molar-refractivity contribution is 14.0. The monoisotopic (exact) mass is 455 g/mol. The Labute approximate surface area is 156 Å². The molecule has 0 fully saturated rings. The SMILES string of the molecule is CN=C(NCCc1cc(C)ccc1OC)NCCS(C)(=O)=O.I. The molecule has 1 aromatic carbocycles. The second kappa shape index (κ2) is 10.7. The van der Waals surface area contributed by atoms with E-state index in [-0.39, 0.29) is 29.7 Å². The second-order valence-electron chi connectivity index (χ2n) is 5.12. The topological polar surface area (TPSA) is 79.8 Å². The first kappa shape index (κ1) is 22.0. The Morgan fingerprint density at radius 1 is 1.26 bits per heavy atom. The van der Waals surface area contributed by atoms with E-state index in [0.717, 1.165) is 17.7 Å². The number of nitrogens with zero attached hydrogens (tertiary/aromatic N) is 1. The predicted octanol–water partition coefficient (Wildman–Crippen LogP) is 1.37. The van der Waals surface area contributed by atoms with Crippen LogP contribution in [0.15, 0.2) is 23.2 Å². The average molecular weight is 455 g/mol. The molecule has 132 valence electrons. The highest BCUT2D eigenvalue weighted by Gasteiger charge is 2.05. The second-order valence-corrected chi connectivity index (χ2v) is 7.38. The van der Waals surface area contributed by atoms with Crippen molar-refractivity contribution in [2.45, 2.75) is 13.3 Å². The molecule has 0 aliphatic rings. The zero-order chi connectivity index (χ0) is 16.6. The summed E-state index contributed by atoms with van der Waals surface area (Å²) < 4.78 is 27.5. The molecule has 1 rings (SSSR count). The molecule has 0 aromatic heterocycles. The summed E-state index contributed by atoms with van der Waals surface area (Å²) in [6.45, 7) is 3.06. The number of benzene rings is 1. The van der Waals surface area contributed by atoms with Gasteiger partial charge in [-0.25, -0.2) is 8.42 Å². The normalized spacial score (nSPS) is 11.6. The molecule has 0 atom stereocenters. The maximum absolute atomic E-state index is 11.1. The van der Waals surface area contributed by atoms with Crippen molar-refractivity contribution in [1.29, 1.82) is 0 Å². The van der Waals surface area contributed by atoms with Gasteiger partial charge in [-0.1, -0.05) is 17.7 Å². The number of rotatable bonds is 7. The Morgan fingerprint density at radius 2 is 1.91 bits per heavy atom. The van der Waals surface area contributed by atoms with Crippen LogP contribution in [-0.4, -0.2) is 53.6 Å². The van der Waals surface area contributed by atoms with Gasteiger partial charge in [-0.05, 0) is 25.0 Å². The van der Waals surface area contributed by atoms with Crippen LogP contribution in [0, 0.1) is 6.92 Å². The van der Waals surface area contributed by atoms with Crippen LogP contribution in [0.1, 0.15) is 11.1 Å². The molecule has 2 N–H and O–H groups in total. The molecule has 6 nitrogen and oxygen atoms in total. The summed E-state index contributed by atoms with van der Waals surface area (Å²) in [4.78, 5) is 4.07. The minimum atomic E-state index is -2.97. The largest absolute Gasteiger partial charge is 0.496 e. The Bertz CT molecular complexity index is 618. The summed E-state index contributed by atoms with van der Waals surface area (Å²) in [7, 11) is 0.349. The third kappa shape index (κ3) is 8.99. The zero-order valence-corrected chi connectivity index (χ0v) is 17.2. The number of ether oxygens (including phenoxy) is 1. The van der Waals surface area contributed by atoms with E-state index in [2.05, 4.69) is 21.7 Å². The Morgan fingerprint density at radius 3 is 2.48 bits per heavy atom. The molecule has 8 heteroatoms. The highest BCUT2D eigenvalue weighted by Crippen LogP contribution is 2.19. The number of halogens is 1. The molecule has 0 saturated carbocycles. The minimum absolute atomic E-state index is 0. The van der Waals surface area contributed by atoms with Gasteiger partial charge in [-0.3, -0.25) is 4.99 Å². The first-order chi connectivity index (χ1) is 10.4. The van der Waals surface area contributed by atoms with E-state index in [1.54, 1.807) is 14.2 Å².